The van der Waals surface area contributed by atoms with Crippen molar-refractivity contribution in [1.29, 1.82) is 0 Å². The molecule has 0 heterocycles. The maximum absolute atomic E-state index is 12.7. The highest BCUT2D eigenvalue weighted by atomic mass is 35.5. The smallest absolute Gasteiger partial charge is 0.207 e. The molecule has 1 saturated carbocycles. The lowest BCUT2D eigenvalue weighted by atomic mass is 10.2. The minimum atomic E-state index is -3.41. The summed E-state index contributed by atoms with van der Waals surface area (Å²) in [5.41, 5.74) is 1.06. The van der Waals surface area contributed by atoms with E-state index in [0.717, 1.165) is 31.2 Å². The minimum absolute atomic E-state index is 0.116. The van der Waals surface area contributed by atoms with Gasteiger partial charge in [0.25, 0.3) is 0 Å². The Labute approximate surface area is 120 Å². The molecule has 2 rings (SSSR count). The number of hydrogen-bond acceptors (Lipinski definition) is 2. The van der Waals surface area contributed by atoms with Crippen molar-refractivity contribution >= 4 is 21.6 Å². The van der Waals surface area contributed by atoms with Crippen molar-refractivity contribution < 1.29 is 8.42 Å². The van der Waals surface area contributed by atoms with E-state index in [1.54, 1.807) is 16.4 Å². The molecule has 3 nitrogen and oxygen atoms in total. The SMILES string of the molecule is Cc1ccc(S(=O)(=O)N(CCCl)C2CCCC2)cc1. The normalized spacial score (nSPS) is 17.2. The number of halogens is 1. The van der Waals surface area contributed by atoms with Gasteiger partial charge >= 0.3 is 0 Å². The second kappa shape index (κ2) is 6.25. The van der Waals surface area contributed by atoms with Gasteiger partial charge in [0.05, 0.1) is 4.90 Å². The van der Waals surface area contributed by atoms with Crippen molar-refractivity contribution in [3.63, 3.8) is 0 Å². The van der Waals surface area contributed by atoms with E-state index in [1.165, 1.54) is 0 Å². The Hall–Kier alpha value is -0.580. The van der Waals surface area contributed by atoms with Crippen LogP contribution in [0.25, 0.3) is 0 Å². The highest BCUT2D eigenvalue weighted by molar-refractivity contribution is 7.89. The molecule has 0 radical (unpaired) electrons. The van der Waals surface area contributed by atoms with E-state index in [2.05, 4.69) is 0 Å². The first-order valence-corrected chi connectivity index (χ1v) is 8.67. The number of rotatable bonds is 5. The predicted octanol–water partition coefficient (Wildman–Crippen LogP) is 3.17. The van der Waals surface area contributed by atoms with E-state index >= 15 is 0 Å². The zero-order chi connectivity index (χ0) is 13.9. The molecule has 0 aromatic heterocycles. The first-order valence-electron chi connectivity index (χ1n) is 6.70. The number of benzene rings is 1. The van der Waals surface area contributed by atoms with E-state index in [4.69, 9.17) is 11.6 Å². The first-order chi connectivity index (χ1) is 9.05. The van der Waals surface area contributed by atoms with Gasteiger partial charge in [0.2, 0.25) is 10.0 Å². The van der Waals surface area contributed by atoms with Gasteiger partial charge in [-0.3, -0.25) is 0 Å². The summed E-state index contributed by atoms with van der Waals surface area (Å²) in [7, 11) is -3.41. The monoisotopic (exact) mass is 301 g/mol. The van der Waals surface area contributed by atoms with E-state index in [0.29, 0.717) is 17.3 Å². The number of sulfonamides is 1. The van der Waals surface area contributed by atoms with Crippen LogP contribution in [0.4, 0.5) is 0 Å². The number of aryl methyl sites for hydroxylation is 1. The highest BCUT2D eigenvalue weighted by Gasteiger charge is 2.32. The molecule has 0 atom stereocenters. The van der Waals surface area contributed by atoms with Gasteiger partial charge in [-0.1, -0.05) is 30.5 Å². The van der Waals surface area contributed by atoms with Gasteiger partial charge in [-0.2, -0.15) is 4.31 Å². The summed E-state index contributed by atoms with van der Waals surface area (Å²) >= 11 is 5.79. The fourth-order valence-electron chi connectivity index (χ4n) is 2.62. The molecule has 19 heavy (non-hydrogen) atoms. The summed E-state index contributed by atoms with van der Waals surface area (Å²) < 4.78 is 27.0. The molecule has 5 heteroatoms. The lowest BCUT2D eigenvalue weighted by Crippen LogP contribution is -2.40. The van der Waals surface area contributed by atoms with Crippen molar-refractivity contribution in [2.45, 2.75) is 43.5 Å². The van der Waals surface area contributed by atoms with Crippen LogP contribution in [-0.2, 0) is 10.0 Å². The average Bonchev–Trinajstić information content (AvgIpc) is 2.89. The maximum atomic E-state index is 12.7. The Morgan fingerprint density at radius 2 is 1.79 bits per heavy atom. The minimum Gasteiger partial charge on any atom is -0.207 e. The molecule has 0 aliphatic heterocycles. The van der Waals surface area contributed by atoms with Crippen LogP contribution in [0.2, 0.25) is 0 Å². The summed E-state index contributed by atoms with van der Waals surface area (Å²) in [6.45, 7) is 2.34. The topological polar surface area (TPSA) is 37.4 Å². The van der Waals surface area contributed by atoms with Crippen LogP contribution in [0.3, 0.4) is 0 Å². The Kier molecular flexibility index (Phi) is 4.87. The van der Waals surface area contributed by atoms with Crippen molar-refractivity contribution in [2.75, 3.05) is 12.4 Å². The van der Waals surface area contributed by atoms with E-state index in [1.807, 2.05) is 19.1 Å². The second-order valence-corrected chi connectivity index (χ2v) is 7.32. The molecular formula is C14H20ClNO2S. The van der Waals surface area contributed by atoms with Crippen LogP contribution < -0.4 is 0 Å². The fraction of sp³-hybridized carbons (Fsp3) is 0.571. The third-order valence-corrected chi connectivity index (χ3v) is 5.80. The molecule has 0 amide bonds. The van der Waals surface area contributed by atoms with Crippen molar-refractivity contribution in [3.05, 3.63) is 29.8 Å². The zero-order valence-corrected chi connectivity index (χ0v) is 12.8. The Bertz CT molecular complexity index is 507. The van der Waals surface area contributed by atoms with Crippen LogP contribution in [0.5, 0.6) is 0 Å². The van der Waals surface area contributed by atoms with Gasteiger partial charge in [0, 0.05) is 18.5 Å². The van der Waals surface area contributed by atoms with Gasteiger partial charge in [-0.15, -0.1) is 11.6 Å². The third-order valence-electron chi connectivity index (χ3n) is 3.66. The summed E-state index contributed by atoms with van der Waals surface area (Å²) in [6, 6.07) is 7.15. The summed E-state index contributed by atoms with van der Waals surface area (Å²) in [4.78, 5) is 0.370. The van der Waals surface area contributed by atoms with Crippen molar-refractivity contribution in [2.24, 2.45) is 0 Å². The Morgan fingerprint density at radius 3 is 2.32 bits per heavy atom. The van der Waals surface area contributed by atoms with Crippen LogP contribution in [0.1, 0.15) is 31.2 Å². The largest absolute Gasteiger partial charge is 0.243 e. The summed E-state index contributed by atoms with van der Waals surface area (Å²) in [5.74, 6) is 0.335. The van der Waals surface area contributed by atoms with Gasteiger partial charge in [-0.05, 0) is 31.9 Å². The first kappa shape index (κ1) is 14.8. The molecule has 0 spiro atoms. The van der Waals surface area contributed by atoms with Gasteiger partial charge in [0.1, 0.15) is 0 Å². The maximum Gasteiger partial charge on any atom is 0.243 e. The summed E-state index contributed by atoms with van der Waals surface area (Å²) in [5, 5.41) is 0. The van der Waals surface area contributed by atoms with Crippen molar-refractivity contribution in [1.82, 2.24) is 4.31 Å². The standard InChI is InChI=1S/C14H20ClNO2S/c1-12-6-8-14(9-7-12)19(17,18)16(11-10-15)13-4-2-3-5-13/h6-9,13H,2-5,10-11H2,1H3. The fourth-order valence-corrected chi connectivity index (χ4v) is 4.59. The molecule has 0 unspecified atom stereocenters. The van der Waals surface area contributed by atoms with Crippen molar-refractivity contribution in [3.8, 4) is 0 Å². The average molecular weight is 302 g/mol. The van der Waals surface area contributed by atoms with E-state index in [9.17, 15) is 8.42 Å². The van der Waals surface area contributed by atoms with Crippen LogP contribution in [0.15, 0.2) is 29.2 Å². The van der Waals surface area contributed by atoms with Gasteiger partial charge in [-0.25, -0.2) is 8.42 Å². The van der Waals surface area contributed by atoms with E-state index in [-0.39, 0.29) is 6.04 Å². The second-order valence-electron chi connectivity index (χ2n) is 5.06. The number of nitrogens with zero attached hydrogens (tertiary/aromatic N) is 1. The number of alkyl halides is 1. The Balaban J connectivity index is 2.30. The van der Waals surface area contributed by atoms with Gasteiger partial charge in [0.15, 0.2) is 0 Å². The molecular weight excluding hydrogens is 282 g/mol. The highest BCUT2D eigenvalue weighted by Crippen LogP contribution is 2.28. The molecule has 0 saturated heterocycles. The molecule has 1 aliphatic carbocycles. The molecule has 0 N–H and O–H groups in total. The number of hydrogen-bond donors (Lipinski definition) is 0. The molecule has 1 aromatic rings. The molecule has 1 aliphatic rings. The third kappa shape index (κ3) is 3.30. The summed E-state index contributed by atoms with van der Waals surface area (Å²) in [6.07, 6.45) is 4.10. The molecule has 106 valence electrons. The Morgan fingerprint density at radius 1 is 1.21 bits per heavy atom. The van der Waals surface area contributed by atoms with E-state index < -0.39 is 10.0 Å². The zero-order valence-electron chi connectivity index (χ0n) is 11.2. The van der Waals surface area contributed by atoms with Gasteiger partial charge < -0.3 is 0 Å². The van der Waals surface area contributed by atoms with Crippen LogP contribution in [-0.4, -0.2) is 31.2 Å². The lowest BCUT2D eigenvalue weighted by Gasteiger charge is -2.27. The molecule has 1 aromatic carbocycles. The van der Waals surface area contributed by atoms with Crippen LogP contribution in [0, 0.1) is 6.92 Å². The molecule has 1 fully saturated rings. The lowest BCUT2D eigenvalue weighted by molar-refractivity contribution is 0.337. The predicted molar refractivity (Wildman–Crippen MR) is 78.0 cm³/mol. The van der Waals surface area contributed by atoms with Crippen LogP contribution >= 0.6 is 11.6 Å². The molecule has 0 bridgehead atoms. The quantitative estimate of drug-likeness (QED) is 0.783.